The van der Waals surface area contributed by atoms with E-state index in [0.29, 0.717) is 33.5 Å². The van der Waals surface area contributed by atoms with Crippen molar-refractivity contribution in [3.63, 3.8) is 0 Å². The molecule has 0 aromatic heterocycles. The predicted octanol–water partition coefficient (Wildman–Crippen LogP) is -2.52. The minimum Gasteiger partial charge on any atom is -0.744 e. The van der Waals surface area contributed by atoms with Crippen LogP contribution in [0.15, 0.2) is 168 Å². The summed E-state index contributed by atoms with van der Waals surface area (Å²) in [4.78, 5) is 21.8. The van der Waals surface area contributed by atoms with E-state index in [9.17, 15) is 40.6 Å². The van der Waals surface area contributed by atoms with E-state index in [1.54, 1.807) is 30.3 Å². The number of anilines is 2. The summed E-state index contributed by atoms with van der Waals surface area (Å²) in [7, 11) is -9.65. The quantitative estimate of drug-likeness (QED) is 0.0276. The van der Waals surface area contributed by atoms with Crippen LogP contribution in [0.4, 0.5) is 34.1 Å². The summed E-state index contributed by atoms with van der Waals surface area (Å²) in [5.74, 6) is -2.25. The van der Waals surface area contributed by atoms with Crippen molar-refractivity contribution < 1.29 is 129 Å². The number of nitrogens with two attached hydrogens (primary N) is 1. The number of ketones is 1. The molecule has 0 bridgehead atoms. The van der Waals surface area contributed by atoms with Crippen molar-refractivity contribution in [2.75, 3.05) is 11.2 Å². The first kappa shape index (κ1) is 48.4. The number of nitrogens with one attached hydrogen (secondary N) is 1. The number of rotatable bonds is 10. The van der Waals surface area contributed by atoms with Gasteiger partial charge in [0.15, 0.2) is 5.78 Å². The Hall–Kier alpha value is -4.25. The minimum atomic E-state index is -4.86. The zero-order valence-corrected chi connectivity index (χ0v) is 39.6. The number of hydrazone groups is 1. The van der Waals surface area contributed by atoms with Crippen LogP contribution in [-0.2, 0) is 29.8 Å². The third kappa shape index (κ3) is 11.2. The molecule has 6 aromatic rings. The van der Waals surface area contributed by atoms with Gasteiger partial charge in [-0.1, -0.05) is 36.4 Å². The molecule has 0 amide bonds. The van der Waals surface area contributed by atoms with Gasteiger partial charge in [-0.2, -0.15) is 10.2 Å². The summed E-state index contributed by atoms with van der Waals surface area (Å²) < 4.78 is 70.9. The molecular weight excluding hydrogens is 844 g/mol. The van der Waals surface area contributed by atoms with Crippen LogP contribution in [0.1, 0.15) is 0 Å². The Labute approximate surface area is 408 Å². The number of aliphatic carboxylic acids is 1. The number of carboxylic acid groups (broad SMARTS) is 1. The van der Waals surface area contributed by atoms with Crippen molar-refractivity contribution in [3.8, 4) is 11.1 Å². The summed E-state index contributed by atoms with van der Waals surface area (Å²) in [6, 6.07) is 27.8. The molecule has 0 saturated carbocycles. The Morgan fingerprint density at radius 3 is 1.62 bits per heavy atom. The van der Waals surface area contributed by atoms with E-state index in [1.807, 2.05) is 24.3 Å². The first-order valence-electron chi connectivity index (χ1n) is 16.5. The Morgan fingerprint density at radius 2 is 1.07 bits per heavy atom. The standard InChI is InChI=1S/C39H27N7O9S2.3Na/c40-34-14-15-36(31-20-27(56(50,51)52)10-12-29(31)34)45-46-37-17-16-35(30-13-11-28(21-32(30)37)57(53,54)55)44-42-25-7-3-23(4-8-25)22-1-5-24(6-2-22)41-43-26-9-18-38(47)33(19-26)39(48)49;;;/h1-21,41H,40H2,(H,48,49)(H,50,51,52)(H,53,54,55);;;/q;3*+1/p-3. The van der Waals surface area contributed by atoms with Gasteiger partial charge < -0.3 is 24.7 Å². The normalized spacial score (nSPS) is 13.5. The molecule has 7 rings (SSSR count). The third-order valence-electron chi connectivity index (χ3n) is 8.64. The Morgan fingerprint density at radius 1 is 0.583 bits per heavy atom. The molecule has 6 aromatic carbocycles. The summed E-state index contributed by atoms with van der Waals surface area (Å²) >= 11 is 0. The van der Waals surface area contributed by atoms with Crippen LogP contribution in [0.2, 0.25) is 0 Å². The molecule has 0 unspecified atom stereocenters. The van der Waals surface area contributed by atoms with Gasteiger partial charge in [0.05, 0.1) is 49.9 Å². The largest absolute Gasteiger partial charge is 1.00 e. The molecule has 16 nitrogen and oxygen atoms in total. The molecule has 21 heteroatoms. The predicted molar refractivity (Wildman–Crippen MR) is 207 cm³/mol. The topological polar surface area (TPSA) is 271 Å². The van der Waals surface area contributed by atoms with E-state index in [1.165, 1.54) is 36.4 Å². The van der Waals surface area contributed by atoms with E-state index in [-0.39, 0.29) is 117 Å². The zero-order valence-electron chi connectivity index (χ0n) is 31.9. The van der Waals surface area contributed by atoms with Crippen LogP contribution in [0.3, 0.4) is 0 Å². The number of hydrogen-bond acceptors (Lipinski definition) is 16. The van der Waals surface area contributed by atoms with Gasteiger partial charge in [-0.3, -0.25) is 10.2 Å². The number of fused-ring (bicyclic) bond motifs is 2. The first-order valence-corrected chi connectivity index (χ1v) is 19.3. The van der Waals surface area contributed by atoms with Crippen molar-refractivity contribution >= 4 is 93.4 Å². The molecule has 0 radical (unpaired) electrons. The number of nitrogens with zero attached hydrogens (tertiary/aromatic N) is 5. The van der Waals surface area contributed by atoms with E-state index in [2.05, 4.69) is 31.0 Å². The maximum Gasteiger partial charge on any atom is 1.00 e. The van der Waals surface area contributed by atoms with Gasteiger partial charge in [0, 0.05) is 32.8 Å². The minimum absolute atomic E-state index is 0. The summed E-state index contributed by atoms with van der Waals surface area (Å²) in [5.41, 5.74) is 12.4. The van der Waals surface area contributed by atoms with Gasteiger partial charge in [0.25, 0.3) is 0 Å². The fourth-order valence-corrected chi connectivity index (χ4v) is 6.75. The maximum atomic E-state index is 11.9. The van der Waals surface area contributed by atoms with Gasteiger partial charge in [-0.25, -0.2) is 16.8 Å². The fraction of sp³-hybridized carbons (Fsp3) is 0. The van der Waals surface area contributed by atoms with Gasteiger partial charge in [-0.05, 0) is 102 Å². The van der Waals surface area contributed by atoms with Gasteiger partial charge >= 0.3 is 88.7 Å². The molecule has 1 aliphatic carbocycles. The molecule has 284 valence electrons. The third-order valence-corrected chi connectivity index (χ3v) is 10.3. The SMILES string of the molecule is Nc1ccc(N=Nc2ccc(N=Nc3ccc(-c4ccc(NN=C5C=CC(=O)C(C(=O)[O-])=C5)cc4)cc3)c3ccc(S(=O)(=O)[O-])cc23)c2cc(S(=O)(=O)[O-])ccc12.[Na+].[Na+].[Na+]. The number of benzene rings is 6. The van der Waals surface area contributed by atoms with E-state index >= 15 is 0 Å². The zero-order chi connectivity index (χ0) is 40.5. The van der Waals surface area contributed by atoms with Crippen molar-refractivity contribution in [2.45, 2.75) is 9.79 Å². The van der Waals surface area contributed by atoms with Crippen LogP contribution in [0, 0.1) is 0 Å². The van der Waals surface area contributed by atoms with Crippen molar-refractivity contribution in [1.82, 2.24) is 0 Å². The number of allylic oxidation sites excluding steroid dienone is 3. The van der Waals surface area contributed by atoms with Crippen molar-refractivity contribution in [2.24, 2.45) is 25.6 Å². The molecule has 3 N–H and O–H groups in total. The number of hydrogen-bond donors (Lipinski definition) is 2. The molecule has 1 aliphatic rings. The second kappa shape index (κ2) is 20.1. The summed E-state index contributed by atoms with van der Waals surface area (Å²) in [6.45, 7) is 0. The Balaban J connectivity index is 0.00000265. The molecule has 0 saturated heterocycles. The second-order valence-corrected chi connectivity index (χ2v) is 15.1. The molecule has 0 spiro atoms. The van der Waals surface area contributed by atoms with Gasteiger partial charge in [0.2, 0.25) is 0 Å². The Kier molecular flexibility index (Phi) is 16.2. The maximum absolute atomic E-state index is 11.9. The van der Waals surface area contributed by atoms with Crippen LogP contribution >= 0.6 is 0 Å². The average molecular weight is 868 g/mol. The number of nitrogen functional groups attached to an aromatic ring is 1. The van der Waals surface area contributed by atoms with Crippen LogP contribution < -0.4 is 105 Å². The molecule has 0 aliphatic heterocycles. The number of azo groups is 2. The van der Waals surface area contributed by atoms with Gasteiger partial charge in [-0.15, -0.1) is 15.3 Å². The van der Waals surface area contributed by atoms with Crippen LogP contribution in [0.5, 0.6) is 0 Å². The number of carbonyl (C=O) groups is 2. The number of carboxylic acids is 1. The first-order chi connectivity index (χ1) is 27.1. The van der Waals surface area contributed by atoms with Crippen LogP contribution in [0.25, 0.3) is 32.7 Å². The van der Waals surface area contributed by atoms with Gasteiger partial charge in [0.1, 0.15) is 20.2 Å². The van der Waals surface area contributed by atoms with E-state index in [4.69, 9.17) is 5.73 Å². The second-order valence-electron chi connectivity index (χ2n) is 12.3. The monoisotopic (exact) mass is 867 g/mol. The van der Waals surface area contributed by atoms with Crippen molar-refractivity contribution in [1.29, 1.82) is 0 Å². The number of carbonyl (C=O) groups excluding carboxylic acids is 2. The molecule has 60 heavy (non-hydrogen) atoms. The summed E-state index contributed by atoms with van der Waals surface area (Å²) in [5, 5.41) is 33.8. The van der Waals surface area contributed by atoms with Crippen molar-refractivity contribution in [3.05, 3.63) is 133 Å². The average Bonchev–Trinajstić information content (AvgIpc) is 3.19. The molecule has 0 fully saturated rings. The molecular formula is C39H24N7Na3O9S2. The molecule has 0 heterocycles. The van der Waals surface area contributed by atoms with E-state index in [0.717, 1.165) is 47.5 Å². The summed E-state index contributed by atoms with van der Waals surface area (Å²) in [6.07, 6.45) is 3.61. The Bertz CT molecular complexity index is 3050. The fourth-order valence-electron chi connectivity index (χ4n) is 5.76. The van der Waals surface area contributed by atoms with Crippen LogP contribution in [-0.4, -0.2) is 43.4 Å². The van der Waals surface area contributed by atoms with E-state index < -0.39 is 47.4 Å². The molecule has 0 atom stereocenters. The smallest absolute Gasteiger partial charge is 0.744 e.